The maximum Gasteiger partial charge on any atom is 0.127 e. The van der Waals surface area contributed by atoms with E-state index in [4.69, 9.17) is 0 Å². The summed E-state index contributed by atoms with van der Waals surface area (Å²) in [6.07, 6.45) is 5.74. The molecule has 1 aliphatic heterocycles. The average Bonchev–Trinajstić information content (AvgIpc) is 2.58. The summed E-state index contributed by atoms with van der Waals surface area (Å²) < 4.78 is 3.33. The lowest BCUT2D eigenvalue weighted by molar-refractivity contribution is 0.430. The number of hydrogen-bond acceptors (Lipinski definition) is 2. The van der Waals surface area contributed by atoms with E-state index in [-0.39, 0.29) is 0 Å². The Balaban J connectivity index is 2.16. The molecule has 0 aromatic carbocycles. The molecule has 0 radical (unpaired) electrons. The smallest absolute Gasteiger partial charge is 0.127 e. The van der Waals surface area contributed by atoms with Crippen molar-refractivity contribution in [2.45, 2.75) is 31.7 Å². The van der Waals surface area contributed by atoms with Crippen LogP contribution in [0.2, 0.25) is 0 Å². The van der Waals surface area contributed by atoms with E-state index in [2.05, 4.69) is 30.8 Å². The van der Waals surface area contributed by atoms with Crippen molar-refractivity contribution >= 4 is 15.9 Å². The van der Waals surface area contributed by atoms with E-state index in [1.54, 1.807) is 0 Å². The number of fused-ring (bicyclic) bond motifs is 1. The van der Waals surface area contributed by atoms with Gasteiger partial charge in [0.2, 0.25) is 0 Å². The molecule has 14 heavy (non-hydrogen) atoms. The Morgan fingerprint density at radius 1 is 1.71 bits per heavy atom. The molecule has 0 saturated carbocycles. The van der Waals surface area contributed by atoms with E-state index >= 15 is 0 Å². The molecule has 78 valence electrons. The fourth-order valence-electron chi connectivity index (χ4n) is 2.19. The Morgan fingerprint density at radius 2 is 2.57 bits per heavy atom. The fourth-order valence-corrected chi connectivity index (χ4v) is 2.84. The summed E-state index contributed by atoms with van der Waals surface area (Å²) in [5, 5.41) is 3.21. The maximum atomic E-state index is 4.32. The molecule has 3 nitrogen and oxygen atoms in total. The van der Waals surface area contributed by atoms with Crippen LogP contribution in [0.5, 0.6) is 0 Å². The van der Waals surface area contributed by atoms with Crippen molar-refractivity contribution in [3.63, 3.8) is 0 Å². The molecule has 4 heteroatoms. The van der Waals surface area contributed by atoms with Gasteiger partial charge in [-0.25, -0.2) is 4.98 Å². The summed E-state index contributed by atoms with van der Waals surface area (Å²) in [5.74, 6) is 0.674. The molecule has 1 N–H and O–H groups in total. The second kappa shape index (κ2) is 4.45. The highest BCUT2D eigenvalue weighted by Crippen LogP contribution is 2.33. The van der Waals surface area contributed by atoms with Crippen LogP contribution in [-0.4, -0.2) is 23.1 Å². The fraction of sp³-hybridized carbons (Fsp3) is 0.700. The van der Waals surface area contributed by atoms with Gasteiger partial charge in [-0.1, -0.05) is 0 Å². The number of aryl methyl sites for hydroxylation is 1. The molecule has 0 spiro atoms. The molecular weight excluding hydrogens is 242 g/mol. The molecule has 0 aliphatic carbocycles. The first kappa shape index (κ1) is 10.2. The third kappa shape index (κ3) is 1.86. The Morgan fingerprint density at radius 3 is 3.36 bits per heavy atom. The van der Waals surface area contributed by atoms with Crippen molar-refractivity contribution in [3.05, 3.63) is 16.6 Å². The Bertz CT molecular complexity index is 308. The summed E-state index contributed by atoms with van der Waals surface area (Å²) in [4.78, 5) is 4.32. The normalized spacial score (nSPS) is 20.9. The average molecular weight is 258 g/mol. The van der Waals surface area contributed by atoms with E-state index in [9.17, 15) is 0 Å². The van der Waals surface area contributed by atoms with Crippen molar-refractivity contribution in [1.29, 1.82) is 0 Å². The predicted molar refractivity (Wildman–Crippen MR) is 60.4 cm³/mol. The van der Waals surface area contributed by atoms with Crippen LogP contribution in [0, 0.1) is 0 Å². The number of aromatic nitrogens is 2. The maximum absolute atomic E-state index is 4.32. The number of halogens is 1. The molecule has 1 aliphatic rings. The van der Waals surface area contributed by atoms with E-state index in [0.29, 0.717) is 5.92 Å². The van der Waals surface area contributed by atoms with Crippen LogP contribution in [0.25, 0.3) is 0 Å². The quantitative estimate of drug-likeness (QED) is 0.900. The Hall–Kier alpha value is -0.350. The van der Waals surface area contributed by atoms with Crippen LogP contribution in [-0.2, 0) is 6.54 Å². The van der Waals surface area contributed by atoms with Crippen LogP contribution >= 0.6 is 15.9 Å². The van der Waals surface area contributed by atoms with Crippen LogP contribution < -0.4 is 5.32 Å². The zero-order chi connectivity index (χ0) is 9.97. The SMILES string of the molecule is CNCCC1CCCn2cnc(Br)c21. The first-order valence-electron chi connectivity index (χ1n) is 5.18. The van der Waals surface area contributed by atoms with Gasteiger partial charge >= 0.3 is 0 Å². The van der Waals surface area contributed by atoms with Gasteiger partial charge in [-0.05, 0) is 48.8 Å². The van der Waals surface area contributed by atoms with Gasteiger partial charge in [0.15, 0.2) is 0 Å². The summed E-state index contributed by atoms with van der Waals surface area (Å²) in [5.41, 5.74) is 1.39. The van der Waals surface area contributed by atoms with Gasteiger partial charge in [0, 0.05) is 12.5 Å². The lowest BCUT2D eigenvalue weighted by Gasteiger charge is -2.24. The highest BCUT2D eigenvalue weighted by Gasteiger charge is 2.23. The molecule has 1 unspecified atom stereocenters. The molecule has 1 aromatic heterocycles. The monoisotopic (exact) mass is 257 g/mol. The zero-order valence-corrected chi connectivity index (χ0v) is 10.0. The van der Waals surface area contributed by atoms with Gasteiger partial charge in [-0.15, -0.1) is 0 Å². The lowest BCUT2D eigenvalue weighted by atomic mass is 9.93. The van der Waals surface area contributed by atoms with Crippen molar-refractivity contribution in [2.24, 2.45) is 0 Å². The highest BCUT2D eigenvalue weighted by atomic mass is 79.9. The topological polar surface area (TPSA) is 29.9 Å². The number of rotatable bonds is 3. The lowest BCUT2D eigenvalue weighted by Crippen LogP contribution is -2.19. The summed E-state index contributed by atoms with van der Waals surface area (Å²) in [6, 6.07) is 0. The third-order valence-electron chi connectivity index (χ3n) is 2.91. The second-order valence-electron chi connectivity index (χ2n) is 3.85. The second-order valence-corrected chi connectivity index (χ2v) is 4.60. The molecule has 0 amide bonds. The molecule has 2 heterocycles. The van der Waals surface area contributed by atoms with Crippen LogP contribution in [0.1, 0.15) is 30.9 Å². The summed E-state index contributed by atoms with van der Waals surface area (Å²) in [7, 11) is 2.01. The molecule has 0 fully saturated rings. The van der Waals surface area contributed by atoms with Gasteiger partial charge in [-0.2, -0.15) is 0 Å². The van der Waals surface area contributed by atoms with Gasteiger partial charge in [0.05, 0.1) is 12.0 Å². The van der Waals surface area contributed by atoms with Crippen molar-refractivity contribution in [3.8, 4) is 0 Å². The van der Waals surface area contributed by atoms with E-state index in [1.165, 1.54) is 25.0 Å². The number of nitrogens with zero attached hydrogens (tertiary/aromatic N) is 2. The predicted octanol–water partition coefficient (Wildman–Crippen LogP) is 2.13. The van der Waals surface area contributed by atoms with Crippen LogP contribution in [0.4, 0.5) is 0 Å². The van der Waals surface area contributed by atoms with Gasteiger partial charge in [-0.3, -0.25) is 0 Å². The first-order valence-corrected chi connectivity index (χ1v) is 5.97. The van der Waals surface area contributed by atoms with E-state index in [0.717, 1.165) is 17.7 Å². The number of imidazole rings is 1. The number of hydrogen-bond donors (Lipinski definition) is 1. The minimum absolute atomic E-state index is 0.674. The molecule has 2 rings (SSSR count). The van der Waals surface area contributed by atoms with E-state index < -0.39 is 0 Å². The Kier molecular flexibility index (Phi) is 3.23. The Labute approximate surface area is 93.0 Å². The summed E-state index contributed by atoms with van der Waals surface area (Å²) >= 11 is 3.53. The molecule has 1 atom stereocenters. The largest absolute Gasteiger partial charge is 0.333 e. The van der Waals surface area contributed by atoms with Gasteiger partial charge < -0.3 is 9.88 Å². The molecule has 0 bridgehead atoms. The van der Waals surface area contributed by atoms with Crippen LogP contribution in [0.3, 0.4) is 0 Å². The van der Waals surface area contributed by atoms with Gasteiger partial charge in [0.1, 0.15) is 4.60 Å². The first-order chi connectivity index (χ1) is 6.83. The minimum atomic E-state index is 0.674. The summed E-state index contributed by atoms with van der Waals surface area (Å²) in [6.45, 7) is 2.21. The highest BCUT2D eigenvalue weighted by molar-refractivity contribution is 9.10. The molecule has 1 aromatic rings. The standard InChI is InChI=1S/C10H16BrN3/c1-12-5-4-8-3-2-6-14-7-13-10(11)9(8)14/h7-8,12H,2-6H2,1H3. The molecule has 0 saturated heterocycles. The zero-order valence-electron chi connectivity index (χ0n) is 8.46. The number of nitrogens with one attached hydrogen (secondary N) is 1. The molecular formula is C10H16BrN3. The van der Waals surface area contributed by atoms with Crippen molar-refractivity contribution in [1.82, 2.24) is 14.9 Å². The van der Waals surface area contributed by atoms with Crippen molar-refractivity contribution < 1.29 is 0 Å². The van der Waals surface area contributed by atoms with E-state index in [1.807, 2.05) is 13.4 Å². The van der Waals surface area contributed by atoms with Crippen LogP contribution in [0.15, 0.2) is 10.9 Å². The minimum Gasteiger partial charge on any atom is -0.333 e. The van der Waals surface area contributed by atoms with Crippen molar-refractivity contribution in [2.75, 3.05) is 13.6 Å². The van der Waals surface area contributed by atoms with Gasteiger partial charge in [0.25, 0.3) is 0 Å². The third-order valence-corrected chi connectivity index (χ3v) is 3.52.